The van der Waals surface area contributed by atoms with Gasteiger partial charge < -0.3 is 10.1 Å². The summed E-state index contributed by atoms with van der Waals surface area (Å²) in [6, 6.07) is 12.7. The Morgan fingerprint density at radius 1 is 1.21 bits per heavy atom. The van der Waals surface area contributed by atoms with E-state index in [1.165, 1.54) is 23.9 Å². The number of carbonyl (C=O) groups is 2. The van der Waals surface area contributed by atoms with Crippen LogP contribution in [-0.2, 0) is 9.59 Å². The van der Waals surface area contributed by atoms with Gasteiger partial charge in [0.05, 0.1) is 12.8 Å². The summed E-state index contributed by atoms with van der Waals surface area (Å²) < 4.78 is 18.1. The smallest absolute Gasteiger partial charge is 0.242 e. The summed E-state index contributed by atoms with van der Waals surface area (Å²) >= 11 is 1.25. The highest BCUT2D eigenvalue weighted by atomic mass is 32.2. The van der Waals surface area contributed by atoms with Gasteiger partial charge in [0.15, 0.2) is 5.17 Å². The summed E-state index contributed by atoms with van der Waals surface area (Å²) in [5.74, 6) is -0.0624. The maximum atomic E-state index is 13.1. The van der Waals surface area contributed by atoms with Gasteiger partial charge in [-0.05, 0) is 55.5 Å². The molecule has 1 heterocycles. The molecule has 0 aliphatic carbocycles. The van der Waals surface area contributed by atoms with E-state index in [4.69, 9.17) is 4.74 Å². The van der Waals surface area contributed by atoms with Crippen molar-refractivity contribution >= 4 is 40.1 Å². The van der Waals surface area contributed by atoms with Crippen molar-refractivity contribution in [2.75, 3.05) is 19.0 Å². The number of carbonyl (C=O) groups excluding carboxylic acids is 2. The third kappa shape index (κ3) is 4.69. The molecule has 2 aromatic carbocycles. The van der Waals surface area contributed by atoms with E-state index in [-0.39, 0.29) is 24.1 Å². The molecule has 0 spiro atoms. The summed E-state index contributed by atoms with van der Waals surface area (Å²) in [7, 11) is 1.57. The molecule has 1 aliphatic rings. The number of anilines is 1. The van der Waals surface area contributed by atoms with Crippen molar-refractivity contribution in [1.29, 1.82) is 0 Å². The van der Waals surface area contributed by atoms with Gasteiger partial charge in [0, 0.05) is 18.7 Å². The third-order valence-electron chi connectivity index (χ3n) is 4.13. The molecule has 0 saturated carbocycles. The van der Waals surface area contributed by atoms with Crippen LogP contribution in [0.25, 0.3) is 0 Å². The lowest BCUT2D eigenvalue weighted by Gasteiger charge is -2.13. The van der Waals surface area contributed by atoms with Crippen molar-refractivity contribution in [2.24, 2.45) is 4.99 Å². The molecule has 1 unspecified atom stereocenters. The van der Waals surface area contributed by atoms with Crippen molar-refractivity contribution in [3.05, 3.63) is 54.3 Å². The van der Waals surface area contributed by atoms with Crippen LogP contribution in [-0.4, -0.2) is 40.8 Å². The molecule has 0 bridgehead atoms. The number of rotatable bonds is 6. The van der Waals surface area contributed by atoms with E-state index in [1.807, 2.05) is 6.92 Å². The van der Waals surface area contributed by atoms with Crippen LogP contribution in [0.2, 0.25) is 0 Å². The monoisotopic (exact) mass is 401 g/mol. The summed E-state index contributed by atoms with van der Waals surface area (Å²) in [6.45, 7) is 2.29. The minimum Gasteiger partial charge on any atom is -0.497 e. The summed E-state index contributed by atoms with van der Waals surface area (Å²) in [6.07, 6.45) is 0.0362. The van der Waals surface area contributed by atoms with E-state index in [0.29, 0.717) is 28.8 Å². The predicted molar refractivity (Wildman–Crippen MR) is 109 cm³/mol. The molecule has 28 heavy (non-hydrogen) atoms. The Balaban J connectivity index is 1.67. The van der Waals surface area contributed by atoms with Gasteiger partial charge >= 0.3 is 0 Å². The number of halogens is 1. The quantitative estimate of drug-likeness (QED) is 0.799. The molecule has 0 aromatic heterocycles. The average Bonchev–Trinajstić information content (AvgIpc) is 2.98. The highest BCUT2D eigenvalue weighted by Gasteiger charge is 2.38. The number of hydrogen-bond acceptors (Lipinski definition) is 5. The zero-order valence-corrected chi connectivity index (χ0v) is 16.3. The van der Waals surface area contributed by atoms with E-state index in [9.17, 15) is 14.0 Å². The number of amidine groups is 1. The predicted octanol–water partition coefficient (Wildman–Crippen LogP) is 3.81. The first-order valence-electron chi connectivity index (χ1n) is 8.76. The fourth-order valence-corrected chi connectivity index (χ4v) is 3.92. The summed E-state index contributed by atoms with van der Waals surface area (Å²) in [4.78, 5) is 31.0. The minimum atomic E-state index is -0.544. The van der Waals surface area contributed by atoms with Crippen molar-refractivity contribution in [2.45, 2.75) is 18.6 Å². The molecule has 1 atom stereocenters. The van der Waals surface area contributed by atoms with Gasteiger partial charge in [0.1, 0.15) is 16.8 Å². The molecule has 3 rings (SSSR count). The first-order chi connectivity index (χ1) is 13.5. The molecular weight excluding hydrogens is 381 g/mol. The normalized spacial score (nSPS) is 17.8. The molecule has 8 heteroatoms. The van der Waals surface area contributed by atoms with E-state index in [1.54, 1.807) is 48.4 Å². The van der Waals surface area contributed by atoms with Gasteiger partial charge in [-0.2, -0.15) is 0 Å². The number of nitrogens with one attached hydrogen (secondary N) is 1. The standard InChI is InChI=1S/C20H20FN3O3S/c1-3-24-19(26)17(28-20(24)23-15-6-4-13(21)5-7-15)12-18(25)22-14-8-10-16(27-2)11-9-14/h4-11,17H,3,12H2,1-2H3,(H,22,25). The molecule has 0 radical (unpaired) electrons. The van der Waals surface area contributed by atoms with Gasteiger partial charge in [-0.1, -0.05) is 11.8 Å². The number of aliphatic imine (C=N–C) groups is 1. The minimum absolute atomic E-state index is 0.0362. The summed E-state index contributed by atoms with van der Waals surface area (Å²) in [5.41, 5.74) is 1.19. The van der Waals surface area contributed by atoms with Crippen LogP contribution < -0.4 is 10.1 Å². The second kappa shape index (κ2) is 8.88. The highest BCUT2D eigenvalue weighted by Crippen LogP contribution is 2.31. The van der Waals surface area contributed by atoms with Crippen LogP contribution in [0.3, 0.4) is 0 Å². The molecule has 2 aromatic rings. The average molecular weight is 401 g/mol. The Bertz CT molecular complexity index is 885. The first kappa shape index (κ1) is 19.9. The van der Waals surface area contributed by atoms with Crippen molar-refractivity contribution in [3.63, 3.8) is 0 Å². The van der Waals surface area contributed by atoms with Crippen LogP contribution in [0.5, 0.6) is 5.75 Å². The SMILES string of the molecule is CCN1C(=O)C(CC(=O)Nc2ccc(OC)cc2)SC1=Nc1ccc(F)cc1. The van der Waals surface area contributed by atoms with Crippen LogP contribution in [0, 0.1) is 5.82 Å². The Hall–Kier alpha value is -2.87. The Labute approximate surface area is 166 Å². The molecule has 1 aliphatic heterocycles. The lowest BCUT2D eigenvalue weighted by atomic mass is 10.2. The maximum Gasteiger partial charge on any atom is 0.242 e. The van der Waals surface area contributed by atoms with Crippen LogP contribution in [0.1, 0.15) is 13.3 Å². The number of ether oxygens (including phenoxy) is 1. The molecule has 1 fully saturated rings. The molecule has 6 nitrogen and oxygen atoms in total. The van der Waals surface area contributed by atoms with Gasteiger partial charge in [-0.25, -0.2) is 9.38 Å². The van der Waals surface area contributed by atoms with Crippen LogP contribution in [0.4, 0.5) is 15.8 Å². The van der Waals surface area contributed by atoms with Gasteiger partial charge in [0.25, 0.3) is 0 Å². The molecule has 146 valence electrons. The Kier molecular flexibility index (Phi) is 6.30. The van der Waals surface area contributed by atoms with Crippen molar-refractivity contribution in [1.82, 2.24) is 4.90 Å². The number of benzene rings is 2. The second-order valence-corrected chi connectivity index (χ2v) is 7.21. The molecule has 1 saturated heterocycles. The van der Waals surface area contributed by atoms with E-state index < -0.39 is 5.25 Å². The van der Waals surface area contributed by atoms with Crippen molar-refractivity contribution < 1.29 is 18.7 Å². The van der Waals surface area contributed by atoms with E-state index in [0.717, 1.165) is 0 Å². The summed E-state index contributed by atoms with van der Waals surface area (Å²) in [5, 5.41) is 2.76. The fraction of sp³-hybridized carbons (Fsp3) is 0.250. The largest absolute Gasteiger partial charge is 0.497 e. The topological polar surface area (TPSA) is 71.0 Å². The van der Waals surface area contributed by atoms with E-state index >= 15 is 0 Å². The van der Waals surface area contributed by atoms with Crippen LogP contribution in [0.15, 0.2) is 53.5 Å². The number of thioether (sulfide) groups is 1. The van der Waals surface area contributed by atoms with Crippen molar-refractivity contribution in [3.8, 4) is 5.75 Å². The maximum absolute atomic E-state index is 13.1. The lowest BCUT2D eigenvalue weighted by molar-refractivity contribution is -0.128. The number of hydrogen-bond donors (Lipinski definition) is 1. The number of methoxy groups -OCH3 is 1. The van der Waals surface area contributed by atoms with Gasteiger partial charge in [-0.15, -0.1) is 0 Å². The van der Waals surface area contributed by atoms with Crippen LogP contribution >= 0.6 is 11.8 Å². The second-order valence-electron chi connectivity index (χ2n) is 6.04. The first-order valence-corrected chi connectivity index (χ1v) is 9.64. The molecular formula is C20H20FN3O3S. The van der Waals surface area contributed by atoms with Gasteiger partial charge in [0.2, 0.25) is 11.8 Å². The fourth-order valence-electron chi connectivity index (χ4n) is 2.70. The van der Waals surface area contributed by atoms with E-state index in [2.05, 4.69) is 10.3 Å². The Morgan fingerprint density at radius 2 is 1.89 bits per heavy atom. The lowest BCUT2D eigenvalue weighted by Crippen LogP contribution is -2.33. The molecule has 2 amide bonds. The zero-order valence-electron chi connectivity index (χ0n) is 15.5. The molecule has 1 N–H and O–H groups in total. The number of nitrogens with zero attached hydrogens (tertiary/aromatic N) is 2. The van der Waals surface area contributed by atoms with Gasteiger partial charge in [-0.3, -0.25) is 14.5 Å². The highest BCUT2D eigenvalue weighted by molar-refractivity contribution is 8.15. The Morgan fingerprint density at radius 3 is 2.50 bits per heavy atom. The zero-order chi connectivity index (χ0) is 20.1. The third-order valence-corrected chi connectivity index (χ3v) is 5.31. The number of amides is 2.